The predicted octanol–water partition coefficient (Wildman–Crippen LogP) is 6.06. The van der Waals surface area contributed by atoms with Crippen LogP contribution in [0, 0.1) is 0 Å². The Morgan fingerprint density at radius 2 is 1.69 bits per heavy atom. The normalized spacial score (nSPS) is 16.3. The second-order valence-corrected chi connectivity index (χ2v) is 9.02. The summed E-state index contributed by atoms with van der Waals surface area (Å²) in [4.78, 5) is 28.3. The van der Waals surface area contributed by atoms with E-state index in [1.165, 1.54) is 4.90 Å². The van der Waals surface area contributed by atoms with Crippen molar-refractivity contribution in [2.24, 2.45) is 0 Å². The lowest BCUT2D eigenvalue weighted by Crippen LogP contribution is -2.29. The first-order valence-corrected chi connectivity index (χ1v) is 13.0. The average molecular weight is 528 g/mol. The molecule has 1 N–H and O–H groups in total. The molecule has 4 rings (SSSR count). The zero-order valence-corrected chi connectivity index (χ0v) is 22.3. The number of Topliss-reactive ketones (excluding diaryl/α,β-unsaturated/α-hetero) is 1. The average Bonchev–Trinajstić information content (AvgIpc) is 3.21. The van der Waals surface area contributed by atoms with Crippen LogP contribution >= 0.6 is 0 Å². The summed E-state index contributed by atoms with van der Waals surface area (Å²) in [6, 6.07) is 20.7. The molecule has 1 fully saturated rings. The summed E-state index contributed by atoms with van der Waals surface area (Å²) in [6.45, 7) is 9.02. The smallest absolute Gasteiger partial charge is 0.295 e. The summed E-state index contributed by atoms with van der Waals surface area (Å²) in [5.41, 5.74) is 1.90. The van der Waals surface area contributed by atoms with Crippen LogP contribution in [0.15, 0.2) is 91.0 Å². The van der Waals surface area contributed by atoms with Crippen LogP contribution in [0.2, 0.25) is 0 Å². The molecule has 1 atom stereocenters. The number of hydrogen-bond donors (Lipinski definition) is 1. The fraction of sp³-hybridized carbons (Fsp3) is 0.250. The highest BCUT2D eigenvalue weighted by Crippen LogP contribution is 2.43. The summed E-state index contributed by atoms with van der Waals surface area (Å²) in [6.07, 6.45) is 2.50. The number of carbonyl (C=O) groups excluding carboxylic acids is 2. The second-order valence-electron chi connectivity index (χ2n) is 9.02. The van der Waals surface area contributed by atoms with E-state index in [1.807, 2.05) is 44.2 Å². The van der Waals surface area contributed by atoms with Crippen molar-refractivity contribution in [1.29, 1.82) is 0 Å². The molecular weight excluding hydrogens is 494 g/mol. The Hall–Kier alpha value is -4.52. The third kappa shape index (κ3) is 6.14. The lowest BCUT2D eigenvalue weighted by Gasteiger charge is -2.26. The van der Waals surface area contributed by atoms with Crippen molar-refractivity contribution in [3.05, 3.63) is 108 Å². The van der Waals surface area contributed by atoms with Gasteiger partial charge in [-0.2, -0.15) is 0 Å². The van der Waals surface area contributed by atoms with Gasteiger partial charge >= 0.3 is 0 Å². The number of likely N-dealkylation sites (tertiary alicyclic amines) is 1. The first kappa shape index (κ1) is 27.5. The number of nitrogens with zero attached hydrogens (tertiary/aromatic N) is 1. The molecule has 0 bridgehead atoms. The van der Waals surface area contributed by atoms with Crippen LogP contribution < -0.4 is 14.2 Å². The number of hydrogen-bond acceptors (Lipinski definition) is 6. The Labute approximate surface area is 228 Å². The highest BCUT2D eigenvalue weighted by Gasteiger charge is 2.46. The van der Waals surface area contributed by atoms with Gasteiger partial charge in [-0.3, -0.25) is 9.59 Å². The van der Waals surface area contributed by atoms with Crippen LogP contribution in [0.1, 0.15) is 43.0 Å². The molecule has 7 nitrogen and oxygen atoms in total. The number of aliphatic hydroxyl groups is 1. The molecule has 0 spiro atoms. The van der Waals surface area contributed by atoms with Gasteiger partial charge in [-0.1, -0.05) is 56.0 Å². The molecule has 202 valence electrons. The topological polar surface area (TPSA) is 85.3 Å². The molecule has 39 heavy (non-hydrogen) atoms. The molecule has 0 aliphatic carbocycles. The molecule has 1 saturated heterocycles. The fourth-order valence-electron chi connectivity index (χ4n) is 4.49. The van der Waals surface area contributed by atoms with Gasteiger partial charge in [0.25, 0.3) is 11.7 Å². The highest BCUT2D eigenvalue weighted by atomic mass is 16.5. The number of rotatable bonds is 12. The number of aliphatic hydroxyl groups excluding tert-OH is 1. The van der Waals surface area contributed by atoms with Crippen molar-refractivity contribution in [3.8, 4) is 17.2 Å². The summed E-state index contributed by atoms with van der Waals surface area (Å²) in [7, 11) is 0. The highest BCUT2D eigenvalue weighted by molar-refractivity contribution is 6.46. The van der Waals surface area contributed by atoms with E-state index in [0.29, 0.717) is 48.2 Å². The zero-order chi connectivity index (χ0) is 27.8. The van der Waals surface area contributed by atoms with Crippen molar-refractivity contribution in [1.82, 2.24) is 4.90 Å². The fourth-order valence-corrected chi connectivity index (χ4v) is 4.49. The van der Waals surface area contributed by atoms with E-state index < -0.39 is 17.7 Å². The largest absolute Gasteiger partial charge is 0.507 e. The molecule has 3 aromatic rings. The Bertz CT molecular complexity index is 1350. The molecule has 1 aliphatic heterocycles. The molecule has 1 aliphatic rings. The van der Waals surface area contributed by atoms with Gasteiger partial charge in [-0.05, 0) is 60.9 Å². The van der Waals surface area contributed by atoms with Crippen LogP contribution in [-0.2, 0) is 16.1 Å². The van der Waals surface area contributed by atoms with E-state index in [1.54, 1.807) is 48.5 Å². The summed E-state index contributed by atoms with van der Waals surface area (Å²) < 4.78 is 17.2. The summed E-state index contributed by atoms with van der Waals surface area (Å²) in [5, 5.41) is 11.4. The zero-order valence-electron chi connectivity index (χ0n) is 22.3. The Morgan fingerprint density at radius 1 is 0.949 bits per heavy atom. The number of carbonyl (C=O) groups is 2. The van der Waals surface area contributed by atoms with Crippen molar-refractivity contribution < 1.29 is 28.9 Å². The summed E-state index contributed by atoms with van der Waals surface area (Å²) >= 11 is 0. The minimum Gasteiger partial charge on any atom is -0.507 e. The number of amides is 1. The van der Waals surface area contributed by atoms with E-state index in [2.05, 4.69) is 6.58 Å². The standard InChI is InChI=1S/C32H33NO6/c1-4-18-38-25-15-12-23(13-16-25)30(34)28-29(24-14-17-26(39-19-5-2)27(20-24)37-6-3)33(32(36)31(28)35)21-22-10-8-7-9-11-22/h5,7-17,20,29,34H,2,4,6,18-19,21H2,1,3H3. The van der Waals surface area contributed by atoms with Gasteiger partial charge in [-0.25, -0.2) is 0 Å². The second kappa shape index (κ2) is 12.8. The number of ether oxygens (including phenoxy) is 3. The van der Waals surface area contributed by atoms with Crippen LogP contribution in [0.5, 0.6) is 17.2 Å². The molecule has 1 unspecified atom stereocenters. The molecule has 7 heteroatoms. The lowest BCUT2D eigenvalue weighted by atomic mass is 9.94. The van der Waals surface area contributed by atoms with E-state index in [9.17, 15) is 14.7 Å². The molecule has 1 heterocycles. The predicted molar refractivity (Wildman–Crippen MR) is 150 cm³/mol. The van der Waals surface area contributed by atoms with Crippen LogP contribution in [-0.4, -0.2) is 41.5 Å². The first-order valence-electron chi connectivity index (χ1n) is 13.0. The van der Waals surface area contributed by atoms with Crippen molar-refractivity contribution >= 4 is 17.4 Å². The maximum absolute atomic E-state index is 13.4. The molecular formula is C32H33NO6. The van der Waals surface area contributed by atoms with Gasteiger partial charge in [0.05, 0.1) is 24.8 Å². The van der Waals surface area contributed by atoms with Crippen LogP contribution in [0.25, 0.3) is 5.76 Å². The van der Waals surface area contributed by atoms with Crippen molar-refractivity contribution in [2.75, 3.05) is 19.8 Å². The van der Waals surface area contributed by atoms with Gasteiger partial charge < -0.3 is 24.2 Å². The van der Waals surface area contributed by atoms with E-state index >= 15 is 0 Å². The van der Waals surface area contributed by atoms with Gasteiger partial charge in [0, 0.05) is 12.1 Å². The van der Waals surface area contributed by atoms with Gasteiger partial charge in [-0.15, -0.1) is 0 Å². The molecule has 0 aromatic heterocycles. The first-order chi connectivity index (χ1) is 19.0. The SMILES string of the molecule is C=CCOc1ccc(C2C(=C(O)c3ccc(OCCC)cc3)C(=O)C(=O)N2Cc2ccccc2)cc1OCC. The number of benzene rings is 3. The minimum absolute atomic E-state index is 0.0142. The Balaban J connectivity index is 1.82. The van der Waals surface area contributed by atoms with Gasteiger partial charge in [0.15, 0.2) is 11.5 Å². The molecule has 0 radical (unpaired) electrons. The quantitative estimate of drug-likeness (QED) is 0.133. The van der Waals surface area contributed by atoms with Gasteiger partial charge in [0.1, 0.15) is 18.1 Å². The van der Waals surface area contributed by atoms with Crippen molar-refractivity contribution in [2.45, 2.75) is 32.9 Å². The molecule has 3 aromatic carbocycles. The Kier molecular flexibility index (Phi) is 9.05. The van der Waals surface area contributed by atoms with Crippen LogP contribution in [0.3, 0.4) is 0 Å². The van der Waals surface area contributed by atoms with Crippen molar-refractivity contribution in [3.63, 3.8) is 0 Å². The molecule has 1 amide bonds. The van der Waals surface area contributed by atoms with E-state index in [4.69, 9.17) is 14.2 Å². The van der Waals surface area contributed by atoms with Gasteiger partial charge in [0.2, 0.25) is 0 Å². The number of ketones is 1. The van der Waals surface area contributed by atoms with E-state index in [0.717, 1.165) is 12.0 Å². The molecule has 0 saturated carbocycles. The lowest BCUT2D eigenvalue weighted by molar-refractivity contribution is -0.140. The summed E-state index contributed by atoms with van der Waals surface area (Å²) in [5.74, 6) is -0.0301. The maximum atomic E-state index is 13.4. The maximum Gasteiger partial charge on any atom is 0.295 e. The minimum atomic E-state index is -0.839. The van der Waals surface area contributed by atoms with E-state index in [-0.39, 0.29) is 17.9 Å². The Morgan fingerprint density at radius 3 is 2.36 bits per heavy atom. The third-order valence-corrected chi connectivity index (χ3v) is 6.28. The monoisotopic (exact) mass is 527 g/mol. The van der Waals surface area contributed by atoms with Crippen LogP contribution in [0.4, 0.5) is 0 Å². The third-order valence-electron chi connectivity index (χ3n) is 6.28.